The van der Waals surface area contributed by atoms with Crippen molar-refractivity contribution >= 4 is 23.3 Å². The first-order valence-electron chi connectivity index (χ1n) is 8.91. The van der Waals surface area contributed by atoms with Crippen molar-refractivity contribution < 1.29 is 19.1 Å². The third kappa shape index (κ3) is 5.71. The molecular formula is C19H29N3O4. The zero-order chi connectivity index (χ0) is 19.0. The summed E-state index contributed by atoms with van der Waals surface area (Å²) in [5.74, 6) is -0.241. The molecule has 1 fully saturated rings. The Morgan fingerprint density at radius 2 is 1.85 bits per heavy atom. The highest BCUT2D eigenvalue weighted by Gasteiger charge is 2.34. The first kappa shape index (κ1) is 20.2. The van der Waals surface area contributed by atoms with Crippen LogP contribution < -0.4 is 16.0 Å². The van der Waals surface area contributed by atoms with Crippen molar-refractivity contribution in [3.8, 4) is 0 Å². The number of carbonyl (C=O) groups excluding carboxylic acids is 2. The summed E-state index contributed by atoms with van der Waals surface area (Å²) >= 11 is 0. The number of hydrogen-bond acceptors (Lipinski definition) is 4. The summed E-state index contributed by atoms with van der Waals surface area (Å²) in [6.45, 7) is 3.14. The van der Waals surface area contributed by atoms with Crippen molar-refractivity contribution in [2.24, 2.45) is 5.41 Å². The monoisotopic (exact) mass is 363 g/mol. The first-order valence-corrected chi connectivity index (χ1v) is 8.91. The number of rotatable bonds is 8. The molecule has 7 heteroatoms. The Bertz CT molecular complexity index is 627. The largest absolute Gasteiger partial charge is 0.384 e. The van der Waals surface area contributed by atoms with E-state index in [2.05, 4.69) is 16.0 Å². The van der Waals surface area contributed by atoms with Gasteiger partial charge in [-0.2, -0.15) is 0 Å². The lowest BCUT2D eigenvalue weighted by Gasteiger charge is -2.28. The zero-order valence-electron chi connectivity index (χ0n) is 15.8. The molecule has 0 saturated heterocycles. The van der Waals surface area contributed by atoms with Crippen LogP contribution in [0.2, 0.25) is 0 Å². The van der Waals surface area contributed by atoms with E-state index in [1.165, 1.54) is 20.0 Å². The minimum atomic E-state index is -0.254. The number of urea groups is 1. The number of carbonyl (C=O) groups is 2. The number of nitrogens with one attached hydrogen (secondary N) is 3. The Hall–Kier alpha value is -2.12. The molecule has 0 aromatic heterocycles. The summed E-state index contributed by atoms with van der Waals surface area (Å²) < 4.78 is 10.2. The molecule has 1 saturated carbocycles. The normalized spacial score (nSPS) is 15.5. The fourth-order valence-electron chi connectivity index (χ4n) is 3.40. The third-order valence-corrected chi connectivity index (χ3v) is 4.78. The highest BCUT2D eigenvalue weighted by molar-refractivity contribution is 5.94. The molecule has 1 aromatic carbocycles. The number of hydrogen-bond donors (Lipinski definition) is 3. The van der Waals surface area contributed by atoms with E-state index in [1.807, 2.05) is 13.0 Å². The Morgan fingerprint density at radius 3 is 2.50 bits per heavy atom. The average Bonchev–Trinajstić information content (AvgIpc) is 3.06. The van der Waals surface area contributed by atoms with Crippen molar-refractivity contribution in [2.75, 3.05) is 44.6 Å². The Labute approximate surface area is 154 Å². The molecule has 0 radical (unpaired) electrons. The van der Waals surface area contributed by atoms with Crippen LogP contribution in [0.25, 0.3) is 0 Å². The zero-order valence-corrected chi connectivity index (χ0v) is 15.8. The molecule has 2 rings (SSSR count). The molecule has 3 N–H and O–H groups in total. The minimum absolute atomic E-state index is 0.0152. The van der Waals surface area contributed by atoms with Gasteiger partial charge in [0.2, 0.25) is 5.91 Å². The molecule has 0 heterocycles. The van der Waals surface area contributed by atoms with Crippen LogP contribution in [0.3, 0.4) is 0 Å². The highest BCUT2D eigenvalue weighted by Crippen LogP contribution is 2.37. The number of aryl methyl sites for hydroxylation is 1. The summed E-state index contributed by atoms with van der Waals surface area (Å²) in [4.78, 5) is 24.0. The predicted molar refractivity (Wildman–Crippen MR) is 101 cm³/mol. The van der Waals surface area contributed by atoms with Crippen LogP contribution in [0.5, 0.6) is 0 Å². The molecule has 7 nitrogen and oxygen atoms in total. The van der Waals surface area contributed by atoms with E-state index in [9.17, 15) is 9.59 Å². The van der Waals surface area contributed by atoms with Crippen LogP contribution in [0, 0.1) is 12.3 Å². The topological polar surface area (TPSA) is 88.7 Å². The summed E-state index contributed by atoms with van der Waals surface area (Å²) in [5.41, 5.74) is 2.22. The van der Waals surface area contributed by atoms with E-state index in [-0.39, 0.29) is 24.0 Å². The molecule has 1 aliphatic rings. The molecule has 144 valence electrons. The maximum Gasteiger partial charge on any atom is 0.319 e. The van der Waals surface area contributed by atoms with Crippen molar-refractivity contribution in [2.45, 2.75) is 32.6 Å². The Morgan fingerprint density at radius 1 is 1.12 bits per heavy atom. The standard InChI is InChI=1S/C19H29N3O4/c1-14-6-7-15(21-17(23)11-25-2)10-16(14)22-18(24)20-12-19(13-26-3)8-4-5-9-19/h6-7,10H,4-5,8-9,11-13H2,1-3H3,(H,21,23)(H2,20,22,24). The van der Waals surface area contributed by atoms with E-state index in [0.29, 0.717) is 24.5 Å². The SMILES string of the molecule is COCC(=O)Nc1ccc(C)c(NC(=O)NCC2(COC)CCCC2)c1. The van der Waals surface area contributed by atoms with Gasteiger partial charge in [-0.25, -0.2) is 4.79 Å². The molecule has 0 unspecified atom stereocenters. The summed E-state index contributed by atoms with van der Waals surface area (Å²) in [7, 11) is 3.17. The molecule has 3 amide bonds. The predicted octanol–water partition coefficient (Wildman–Crippen LogP) is 2.91. The van der Waals surface area contributed by atoms with E-state index >= 15 is 0 Å². The van der Waals surface area contributed by atoms with Crippen molar-refractivity contribution in [1.29, 1.82) is 0 Å². The summed E-state index contributed by atoms with van der Waals surface area (Å²) in [6.07, 6.45) is 4.49. The quantitative estimate of drug-likeness (QED) is 0.663. The van der Waals surface area contributed by atoms with Gasteiger partial charge in [0, 0.05) is 37.6 Å². The minimum Gasteiger partial charge on any atom is -0.384 e. The number of methoxy groups -OCH3 is 2. The van der Waals surface area contributed by atoms with Gasteiger partial charge in [0.05, 0.1) is 6.61 Å². The van der Waals surface area contributed by atoms with E-state index in [4.69, 9.17) is 9.47 Å². The lowest BCUT2D eigenvalue weighted by Crippen LogP contribution is -2.40. The summed E-state index contributed by atoms with van der Waals surface area (Å²) in [5, 5.41) is 8.57. The van der Waals surface area contributed by atoms with Gasteiger partial charge < -0.3 is 25.4 Å². The number of ether oxygens (including phenoxy) is 2. The van der Waals surface area contributed by atoms with Crippen LogP contribution in [0.1, 0.15) is 31.2 Å². The van der Waals surface area contributed by atoms with Gasteiger partial charge in [0.1, 0.15) is 6.61 Å². The van der Waals surface area contributed by atoms with Gasteiger partial charge in [-0.15, -0.1) is 0 Å². The second-order valence-corrected chi connectivity index (χ2v) is 6.96. The Balaban J connectivity index is 1.94. The first-order chi connectivity index (χ1) is 12.5. The molecule has 1 aromatic rings. The second-order valence-electron chi connectivity index (χ2n) is 6.96. The van der Waals surface area contributed by atoms with Gasteiger partial charge >= 0.3 is 6.03 Å². The molecule has 1 aliphatic carbocycles. The van der Waals surface area contributed by atoms with Gasteiger partial charge in [-0.3, -0.25) is 4.79 Å². The van der Waals surface area contributed by atoms with Gasteiger partial charge in [-0.1, -0.05) is 18.9 Å². The molecule has 0 bridgehead atoms. The van der Waals surface area contributed by atoms with E-state index in [0.717, 1.165) is 18.4 Å². The third-order valence-electron chi connectivity index (χ3n) is 4.78. The second kappa shape index (κ2) is 9.54. The molecule has 0 atom stereocenters. The number of amides is 3. The molecular weight excluding hydrogens is 334 g/mol. The van der Waals surface area contributed by atoms with Crippen LogP contribution in [0.15, 0.2) is 18.2 Å². The fraction of sp³-hybridized carbons (Fsp3) is 0.579. The van der Waals surface area contributed by atoms with Crippen LogP contribution in [-0.4, -0.2) is 45.9 Å². The van der Waals surface area contributed by atoms with Gasteiger partial charge in [0.25, 0.3) is 0 Å². The maximum absolute atomic E-state index is 12.3. The van der Waals surface area contributed by atoms with Gasteiger partial charge in [0.15, 0.2) is 0 Å². The number of anilines is 2. The molecule has 26 heavy (non-hydrogen) atoms. The van der Waals surface area contributed by atoms with E-state index < -0.39 is 0 Å². The van der Waals surface area contributed by atoms with Gasteiger partial charge in [-0.05, 0) is 37.5 Å². The molecule has 0 spiro atoms. The lowest BCUT2D eigenvalue weighted by atomic mass is 9.87. The maximum atomic E-state index is 12.3. The van der Waals surface area contributed by atoms with Crippen LogP contribution in [0.4, 0.5) is 16.2 Å². The fourth-order valence-corrected chi connectivity index (χ4v) is 3.40. The van der Waals surface area contributed by atoms with Crippen LogP contribution in [-0.2, 0) is 14.3 Å². The highest BCUT2D eigenvalue weighted by atomic mass is 16.5. The Kier molecular flexibility index (Phi) is 7.41. The van der Waals surface area contributed by atoms with Crippen molar-refractivity contribution in [3.63, 3.8) is 0 Å². The van der Waals surface area contributed by atoms with E-state index in [1.54, 1.807) is 19.2 Å². The number of benzene rings is 1. The molecule has 0 aliphatic heterocycles. The van der Waals surface area contributed by atoms with Crippen molar-refractivity contribution in [3.05, 3.63) is 23.8 Å². The van der Waals surface area contributed by atoms with Crippen LogP contribution >= 0.6 is 0 Å². The average molecular weight is 363 g/mol. The lowest BCUT2D eigenvalue weighted by molar-refractivity contribution is -0.119. The smallest absolute Gasteiger partial charge is 0.319 e. The van der Waals surface area contributed by atoms with Crippen molar-refractivity contribution in [1.82, 2.24) is 5.32 Å². The summed E-state index contributed by atoms with van der Waals surface area (Å²) in [6, 6.07) is 5.12.